The monoisotopic (exact) mass is 235 g/mol. The first kappa shape index (κ1) is 14.0. The standard InChI is InChI=1S/C14H25N3/c1-12-10-13(6-7-14(12)15)11-17(4)9-5-8-16(2)3/h6-7,10H,5,8-9,11,15H2,1-4H3. The largest absolute Gasteiger partial charge is 0.399 e. The molecule has 3 heteroatoms. The Morgan fingerprint density at radius 2 is 1.82 bits per heavy atom. The summed E-state index contributed by atoms with van der Waals surface area (Å²) in [5.74, 6) is 0. The average Bonchev–Trinajstić information content (AvgIpc) is 2.23. The van der Waals surface area contributed by atoms with E-state index in [2.05, 4.69) is 50.0 Å². The first-order valence-electron chi connectivity index (χ1n) is 6.17. The molecule has 0 fully saturated rings. The summed E-state index contributed by atoms with van der Waals surface area (Å²) >= 11 is 0. The van der Waals surface area contributed by atoms with Gasteiger partial charge in [0.25, 0.3) is 0 Å². The van der Waals surface area contributed by atoms with Crippen LogP contribution in [0.4, 0.5) is 5.69 Å². The molecule has 0 heterocycles. The minimum absolute atomic E-state index is 0.879. The molecule has 17 heavy (non-hydrogen) atoms. The van der Waals surface area contributed by atoms with E-state index in [1.54, 1.807) is 0 Å². The molecule has 1 aromatic carbocycles. The fraction of sp³-hybridized carbons (Fsp3) is 0.571. The molecule has 96 valence electrons. The number of nitrogens with two attached hydrogens (primary N) is 1. The second-order valence-electron chi connectivity index (χ2n) is 5.09. The summed E-state index contributed by atoms with van der Waals surface area (Å²) in [6.45, 7) is 5.33. The van der Waals surface area contributed by atoms with Crippen LogP contribution in [0.2, 0.25) is 0 Å². The Kier molecular flexibility index (Phi) is 5.45. The number of nitrogens with zero attached hydrogens (tertiary/aromatic N) is 2. The molecular formula is C14H25N3. The summed E-state index contributed by atoms with van der Waals surface area (Å²) in [5.41, 5.74) is 9.20. The highest BCUT2D eigenvalue weighted by Gasteiger charge is 2.02. The van der Waals surface area contributed by atoms with E-state index in [0.29, 0.717) is 0 Å². The summed E-state index contributed by atoms with van der Waals surface area (Å²) in [4.78, 5) is 4.58. The molecule has 1 rings (SSSR count). The topological polar surface area (TPSA) is 32.5 Å². The van der Waals surface area contributed by atoms with Crippen molar-refractivity contribution >= 4 is 5.69 Å². The molecule has 0 aromatic heterocycles. The lowest BCUT2D eigenvalue weighted by atomic mass is 10.1. The summed E-state index contributed by atoms with van der Waals surface area (Å²) in [6.07, 6.45) is 1.21. The highest BCUT2D eigenvalue weighted by atomic mass is 15.1. The summed E-state index contributed by atoms with van der Waals surface area (Å²) in [7, 11) is 6.40. The molecule has 0 aliphatic rings. The number of nitrogen functional groups attached to an aromatic ring is 1. The number of hydrogen-bond donors (Lipinski definition) is 1. The summed E-state index contributed by atoms with van der Waals surface area (Å²) in [6, 6.07) is 6.29. The molecule has 1 aromatic rings. The molecule has 3 nitrogen and oxygen atoms in total. The molecule has 0 spiro atoms. The number of aryl methyl sites for hydroxylation is 1. The molecule has 0 amide bonds. The lowest BCUT2D eigenvalue weighted by molar-refractivity contribution is 0.294. The van der Waals surface area contributed by atoms with Crippen LogP contribution in [0, 0.1) is 6.92 Å². The van der Waals surface area contributed by atoms with Gasteiger partial charge in [-0.15, -0.1) is 0 Å². The van der Waals surface area contributed by atoms with Crippen LogP contribution in [0.5, 0.6) is 0 Å². The molecule has 0 aliphatic heterocycles. The Bertz CT molecular complexity index is 347. The molecule has 0 unspecified atom stereocenters. The molecule has 2 N–H and O–H groups in total. The van der Waals surface area contributed by atoms with Crippen molar-refractivity contribution in [2.24, 2.45) is 0 Å². The van der Waals surface area contributed by atoms with Crippen molar-refractivity contribution < 1.29 is 0 Å². The Balaban J connectivity index is 2.39. The Morgan fingerprint density at radius 1 is 1.12 bits per heavy atom. The summed E-state index contributed by atoms with van der Waals surface area (Å²) in [5, 5.41) is 0. The molecule has 0 radical (unpaired) electrons. The van der Waals surface area contributed by atoms with Gasteiger partial charge in [-0.25, -0.2) is 0 Å². The first-order valence-corrected chi connectivity index (χ1v) is 6.17. The van der Waals surface area contributed by atoms with E-state index in [9.17, 15) is 0 Å². The van der Waals surface area contributed by atoms with Crippen molar-refractivity contribution in [1.82, 2.24) is 9.80 Å². The minimum Gasteiger partial charge on any atom is -0.399 e. The summed E-state index contributed by atoms with van der Waals surface area (Å²) < 4.78 is 0. The fourth-order valence-corrected chi connectivity index (χ4v) is 1.88. The zero-order chi connectivity index (χ0) is 12.8. The predicted molar refractivity (Wildman–Crippen MR) is 75.1 cm³/mol. The zero-order valence-corrected chi connectivity index (χ0v) is 11.5. The van der Waals surface area contributed by atoms with Crippen LogP contribution < -0.4 is 5.73 Å². The maximum atomic E-state index is 5.81. The van der Waals surface area contributed by atoms with Gasteiger partial charge in [0.15, 0.2) is 0 Å². The normalized spacial score (nSPS) is 11.4. The minimum atomic E-state index is 0.879. The van der Waals surface area contributed by atoms with Crippen molar-refractivity contribution in [3.05, 3.63) is 29.3 Å². The third-order valence-electron chi connectivity index (χ3n) is 2.93. The number of benzene rings is 1. The SMILES string of the molecule is Cc1cc(CN(C)CCCN(C)C)ccc1N. The van der Waals surface area contributed by atoms with Gasteiger partial charge in [0, 0.05) is 12.2 Å². The van der Waals surface area contributed by atoms with Crippen LogP contribution in [-0.4, -0.2) is 44.0 Å². The lowest BCUT2D eigenvalue weighted by Gasteiger charge is -2.18. The number of hydrogen-bond acceptors (Lipinski definition) is 3. The van der Waals surface area contributed by atoms with Gasteiger partial charge in [-0.1, -0.05) is 12.1 Å². The number of rotatable bonds is 6. The highest BCUT2D eigenvalue weighted by Crippen LogP contribution is 2.13. The zero-order valence-electron chi connectivity index (χ0n) is 11.5. The molecule has 0 saturated heterocycles. The first-order chi connectivity index (χ1) is 7.99. The second kappa shape index (κ2) is 6.62. The van der Waals surface area contributed by atoms with Gasteiger partial charge in [-0.3, -0.25) is 0 Å². The smallest absolute Gasteiger partial charge is 0.0343 e. The molecule has 0 atom stereocenters. The van der Waals surface area contributed by atoms with Crippen molar-refractivity contribution in [1.29, 1.82) is 0 Å². The Morgan fingerprint density at radius 3 is 2.41 bits per heavy atom. The maximum absolute atomic E-state index is 5.81. The highest BCUT2D eigenvalue weighted by molar-refractivity contribution is 5.47. The fourth-order valence-electron chi connectivity index (χ4n) is 1.88. The van der Waals surface area contributed by atoms with Crippen molar-refractivity contribution in [2.75, 3.05) is 40.0 Å². The lowest BCUT2D eigenvalue weighted by Crippen LogP contribution is -2.23. The van der Waals surface area contributed by atoms with E-state index in [0.717, 1.165) is 25.3 Å². The van der Waals surface area contributed by atoms with E-state index in [4.69, 9.17) is 5.73 Å². The van der Waals surface area contributed by atoms with Crippen molar-refractivity contribution in [3.63, 3.8) is 0 Å². The van der Waals surface area contributed by atoms with Crippen molar-refractivity contribution in [2.45, 2.75) is 19.9 Å². The van der Waals surface area contributed by atoms with E-state index in [-0.39, 0.29) is 0 Å². The van der Waals surface area contributed by atoms with E-state index in [1.807, 2.05) is 6.07 Å². The van der Waals surface area contributed by atoms with Crippen LogP contribution in [0.25, 0.3) is 0 Å². The van der Waals surface area contributed by atoms with E-state index >= 15 is 0 Å². The molecule has 0 saturated carbocycles. The van der Waals surface area contributed by atoms with E-state index in [1.165, 1.54) is 17.5 Å². The van der Waals surface area contributed by atoms with Crippen molar-refractivity contribution in [3.8, 4) is 0 Å². The third-order valence-corrected chi connectivity index (χ3v) is 2.93. The Hall–Kier alpha value is -1.06. The Labute approximate surface area is 105 Å². The molecule has 0 aliphatic carbocycles. The molecular weight excluding hydrogens is 210 g/mol. The number of anilines is 1. The third kappa shape index (κ3) is 5.20. The van der Waals surface area contributed by atoms with Crippen LogP contribution in [0.3, 0.4) is 0 Å². The van der Waals surface area contributed by atoms with Crippen LogP contribution in [0.1, 0.15) is 17.5 Å². The maximum Gasteiger partial charge on any atom is 0.0343 e. The van der Waals surface area contributed by atoms with Gasteiger partial charge >= 0.3 is 0 Å². The van der Waals surface area contributed by atoms with Gasteiger partial charge in [0.05, 0.1) is 0 Å². The van der Waals surface area contributed by atoms with Gasteiger partial charge in [0.2, 0.25) is 0 Å². The molecule has 0 bridgehead atoms. The van der Waals surface area contributed by atoms with Crippen LogP contribution >= 0.6 is 0 Å². The van der Waals surface area contributed by atoms with E-state index < -0.39 is 0 Å². The van der Waals surface area contributed by atoms with Crippen LogP contribution in [0.15, 0.2) is 18.2 Å². The van der Waals surface area contributed by atoms with Crippen LogP contribution in [-0.2, 0) is 6.54 Å². The van der Waals surface area contributed by atoms with Gasteiger partial charge in [-0.2, -0.15) is 0 Å². The van der Waals surface area contributed by atoms with Gasteiger partial charge < -0.3 is 15.5 Å². The quantitative estimate of drug-likeness (QED) is 0.765. The van der Waals surface area contributed by atoms with Gasteiger partial charge in [-0.05, 0) is 64.8 Å². The predicted octanol–water partition coefficient (Wildman–Crippen LogP) is 1.96. The van der Waals surface area contributed by atoms with Gasteiger partial charge in [0.1, 0.15) is 0 Å². The second-order valence-corrected chi connectivity index (χ2v) is 5.09. The average molecular weight is 235 g/mol.